The van der Waals surface area contributed by atoms with Crippen LogP contribution in [0.15, 0.2) is 47.0 Å². The predicted octanol–water partition coefficient (Wildman–Crippen LogP) is 3.15. The average molecular weight is 311 g/mol. The Morgan fingerprint density at radius 1 is 1.33 bits per heavy atom. The van der Waals surface area contributed by atoms with Crippen LogP contribution in [-0.4, -0.2) is 22.2 Å². The lowest BCUT2D eigenvalue weighted by Crippen LogP contribution is -2.37. The van der Waals surface area contributed by atoms with Crippen LogP contribution in [0.2, 0.25) is 0 Å². The molecule has 0 radical (unpaired) electrons. The molecule has 2 unspecified atom stereocenters. The van der Waals surface area contributed by atoms with Gasteiger partial charge in [0.15, 0.2) is 0 Å². The SMILES string of the molecule is CC1(C(=O)O)C=CC(Cl)=C(C(=O)O)C1c1cccc(F)c1. The summed E-state index contributed by atoms with van der Waals surface area (Å²) in [5.74, 6) is -4.20. The van der Waals surface area contributed by atoms with Gasteiger partial charge in [-0.2, -0.15) is 0 Å². The van der Waals surface area contributed by atoms with E-state index in [1.54, 1.807) is 0 Å². The minimum Gasteiger partial charge on any atom is -0.481 e. The molecule has 1 aliphatic rings. The van der Waals surface area contributed by atoms with Crippen molar-refractivity contribution < 1.29 is 24.2 Å². The highest BCUT2D eigenvalue weighted by Gasteiger charge is 2.47. The lowest BCUT2D eigenvalue weighted by Gasteiger charge is -2.35. The third-order valence-corrected chi connectivity index (χ3v) is 3.92. The van der Waals surface area contributed by atoms with E-state index >= 15 is 0 Å². The summed E-state index contributed by atoms with van der Waals surface area (Å²) in [6.07, 6.45) is 2.59. The number of carbonyl (C=O) groups is 2. The van der Waals surface area contributed by atoms with Crippen molar-refractivity contribution in [2.24, 2.45) is 5.41 Å². The maximum atomic E-state index is 13.4. The number of carboxylic acids is 2. The fraction of sp³-hybridized carbons (Fsp3) is 0.200. The Labute approximate surface area is 125 Å². The van der Waals surface area contributed by atoms with Crippen molar-refractivity contribution in [2.75, 3.05) is 0 Å². The molecule has 0 fully saturated rings. The molecule has 0 aromatic heterocycles. The highest BCUT2D eigenvalue weighted by molar-refractivity contribution is 6.33. The monoisotopic (exact) mass is 310 g/mol. The van der Waals surface area contributed by atoms with E-state index < -0.39 is 29.1 Å². The molecule has 1 aromatic carbocycles. The van der Waals surface area contributed by atoms with Crippen molar-refractivity contribution in [3.05, 3.63) is 58.4 Å². The first-order chi connectivity index (χ1) is 9.77. The quantitative estimate of drug-likeness (QED) is 0.899. The number of carboxylic acid groups (broad SMARTS) is 2. The second-order valence-corrected chi connectivity index (χ2v) is 5.38. The number of hydrogen-bond donors (Lipinski definition) is 2. The molecule has 0 amide bonds. The first kappa shape index (κ1) is 15.3. The normalized spacial score (nSPS) is 25.0. The van der Waals surface area contributed by atoms with E-state index in [0.717, 1.165) is 6.07 Å². The van der Waals surface area contributed by atoms with Gasteiger partial charge in [-0.15, -0.1) is 0 Å². The summed E-state index contributed by atoms with van der Waals surface area (Å²) < 4.78 is 13.4. The molecule has 0 saturated carbocycles. The predicted molar refractivity (Wildman–Crippen MR) is 74.5 cm³/mol. The molecule has 110 valence electrons. The fourth-order valence-electron chi connectivity index (χ4n) is 2.49. The standard InChI is InChI=1S/C15H12ClFO4/c1-15(14(20)21)6-5-10(16)11(13(18)19)12(15)8-3-2-4-9(17)7-8/h2-7,12H,1H3,(H,18,19)(H,20,21). The number of rotatable bonds is 3. The summed E-state index contributed by atoms with van der Waals surface area (Å²) in [5.41, 5.74) is -1.53. The van der Waals surface area contributed by atoms with E-state index in [0.29, 0.717) is 0 Å². The molecular weight excluding hydrogens is 299 g/mol. The van der Waals surface area contributed by atoms with Gasteiger partial charge in [0.1, 0.15) is 5.82 Å². The maximum absolute atomic E-state index is 13.4. The van der Waals surface area contributed by atoms with Gasteiger partial charge >= 0.3 is 11.9 Å². The zero-order valence-electron chi connectivity index (χ0n) is 11.0. The van der Waals surface area contributed by atoms with Gasteiger partial charge in [0, 0.05) is 5.92 Å². The lowest BCUT2D eigenvalue weighted by atomic mass is 9.67. The molecule has 4 nitrogen and oxygen atoms in total. The highest BCUT2D eigenvalue weighted by atomic mass is 35.5. The topological polar surface area (TPSA) is 74.6 Å². The Hall–Kier alpha value is -2.14. The number of allylic oxidation sites excluding steroid dienone is 2. The molecule has 2 rings (SSSR count). The lowest BCUT2D eigenvalue weighted by molar-refractivity contribution is -0.146. The van der Waals surface area contributed by atoms with Crippen LogP contribution >= 0.6 is 11.6 Å². The second-order valence-electron chi connectivity index (χ2n) is 4.98. The van der Waals surface area contributed by atoms with E-state index in [1.807, 2.05) is 0 Å². The molecule has 2 N–H and O–H groups in total. The number of benzene rings is 1. The fourth-order valence-corrected chi connectivity index (χ4v) is 2.74. The van der Waals surface area contributed by atoms with Crippen LogP contribution in [0.25, 0.3) is 0 Å². The van der Waals surface area contributed by atoms with Gasteiger partial charge in [-0.1, -0.05) is 29.8 Å². The largest absolute Gasteiger partial charge is 0.481 e. The minimum atomic E-state index is -1.53. The van der Waals surface area contributed by atoms with Crippen molar-refractivity contribution >= 4 is 23.5 Å². The van der Waals surface area contributed by atoms with E-state index in [-0.39, 0.29) is 16.2 Å². The Balaban J connectivity index is 2.71. The van der Waals surface area contributed by atoms with Crippen LogP contribution in [0.3, 0.4) is 0 Å². The van der Waals surface area contributed by atoms with Gasteiger partial charge in [0.25, 0.3) is 0 Å². The molecule has 2 atom stereocenters. The Kier molecular flexibility index (Phi) is 3.87. The van der Waals surface area contributed by atoms with Gasteiger partial charge in [-0.05, 0) is 30.7 Å². The Bertz CT molecular complexity index is 680. The second kappa shape index (κ2) is 5.33. The first-order valence-corrected chi connectivity index (χ1v) is 6.46. The summed E-state index contributed by atoms with van der Waals surface area (Å²) in [6.45, 7) is 1.38. The van der Waals surface area contributed by atoms with Gasteiger partial charge in [0.2, 0.25) is 0 Å². The summed E-state index contributed by atoms with van der Waals surface area (Å²) in [7, 11) is 0. The molecule has 0 aliphatic heterocycles. The number of aliphatic carboxylic acids is 2. The number of halogens is 2. The third-order valence-electron chi connectivity index (χ3n) is 3.59. The van der Waals surface area contributed by atoms with Gasteiger partial charge in [-0.3, -0.25) is 4.79 Å². The van der Waals surface area contributed by atoms with Crippen LogP contribution in [0.5, 0.6) is 0 Å². The summed E-state index contributed by atoms with van der Waals surface area (Å²) in [5, 5.41) is 18.8. The van der Waals surface area contributed by atoms with Gasteiger partial charge < -0.3 is 10.2 Å². The summed E-state index contributed by atoms with van der Waals surface area (Å²) >= 11 is 5.92. The highest BCUT2D eigenvalue weighted by Crippen LogP contribution is 2.47. The molecule has 0 saturated heterocycles. The first-order valence-electron chi connectivity index (χ1n) is 6.08. The van der Waals surface area contributed by atoms with Gasteiger partial charge in [0.05, 0.1) is 16.0 Å². The molecule has 0 spiro atoms. The van der Waals surface area contributed by atoms with E-state index in [9.17, 15) is 24.2 Å². The molecule has 0 bridgehead atoms. The summed E-state index contributed by atoms with van der Waals surface area (Å²) in [4.78, 5) is 23.1. The van der Waals surface area contributed by atoms with Crippen molar-refractivity contribution in [3.8, 4) is 0 Å². The summed E-state index contributed by atoms with van der Waals surface area (Å²) in [6, 6.07) is 5.21. The van der Waals surface area contributed by atoms with Crippen LogP contribution in [0.4, 0.5) is 4.39 Å². The Morgan fingerprint density at radius 3 is 2.52 bits per heavy atom. The van der Waals surface area contributed by atoms with E-state index in [4.69, 9.17) is 11.6 Å². The van der Waals surface area contributed by atoms with E-state index in [1.165, 1.54) is 37.3 Å². The van der Waals surface area contributed by atoms with Crippen molar-refractivity contribution in [3.63, 3.8) is 0 Å². The van der Waals surface area contributed by atoms with Crippen molar-refractivity contribution in [2.45, 2.75) is 12.8 Å². The molecule has 6 heteroatoms. The molecule has 1 aromatic rings. The molecule has 1 aliphatic carbocycles. The van der Waals surface area contributed by atoms with E-state index in [2.05, 4.69) is 0 Å². The molecular formula is C15H12ClFO4. The molecule has 0 heterocycles. The van der Waals surface area contributed by atoms with Gasteiger partial charge in [-0.25, -0.2) is 9.18 Å². The van der Waals surface area contributed by atoms with Crippen molar-refractivity contribution in [1.29, 1.82) is 0 Å². The van der Waals surface area contributed by atoms with Crippen LogP contribution in [0.1, 0.15) is 18.4 Å². The smallest absolute Gasteiger partial charge is 0.333 e. The van der Waals surface area contributed by atoms with Crippen LogP contribution in [0, 0.1) is 11.2 Å². The minimum absolute atomic E-state index is 0.0597. The zero-order chi connectivity index (χ0) is 15.8. The Morgan fingerprint density at radius 2 is 2.00 bits per heavy atom. The number of hydrogen-bond acceptors (Lipinski definition) is 2. The third kappa shape index (κ3) is 2.56. The van der Waals surface area contributed by atoms with Crippen molar-refractivity contribution in [1.82, 2.24) is 0 Å². The van der Waals surface area contributed by atoms with Crippen LogP contribution in [-0.2, 0) is 9.59 Å². The van der Waals surface area contributed by atoms with Crippen LogP contribution < -0.4 is 0 Å². The zero-order valence-corrected chi connectivity index (χ0v) is 11.8. The average Bonchev–Trinajstić information content (AvgIpc) is 2.40. The molecule has 21 heavy (non-hydrogen) atoms. The maximum Gasteiger partial charge on any atom is 0.333 e.